The molecule has 0 unspecified atom stereocenters. The normalized spacial score (nSPS) is 12.1. The van der Waals surface area contributed by atoms with Crippen molar-refractivity contribution >= 4 is 45.1 Å². The number of fused-ring (bicyclic) bond motifs is 1. The van der Waals surface area contributed by atoms with Crippen molar-refractivity contribution in [2.75, 3.05) is 13.2 Å². The predicted octanol–water partition coefficient (Wildman–Crippen LogP) is 5.29. The Labute approximate surface area is 223 Å². The molecule has 0 bridgehead atoms. The van der Waals surface area contributed by atoms with Gasteiger partial charge in [-0.25, -0.2) is 5.06 Å². The Hall–Kier alpha value is -1.63. The second-order valence-electron chi connectivity index (χ2n) is 6.35. The van der Waals surface area contributed by atoms with E-state index in [2.05, 4.69) is 36.4 Å². The third-order valence-electron chi connectivity index (χ3n) is 3.96. The maximum Gasteiger partial charge on any atom is 0.273 e. The average molecular weight is 764 g/mol. The van der Waals surface area contributed by atoms with E-state index in [0.29, 0.717) is 41.5 Å². The SMILES string of the molecule is CCCN(OCC)C(=O)C1=Cc2ncc(O[N-]c3cncc(Br)c3)cc2N=C([NH-])C1.[Pd].[W]. The van der Waals surface area contributed by atoms with Gasteiger partial charge < -0.3 is 21.0 Å². The van der Waals surface area contributed by atoms with Gasteiger partial charge in [0.25, 0.3) is 5.91 Å². The van der Waals surface area contributed by atoms with Gasteiger partial charge in [0.1, 0.15) is 5.75 Å². The van der Waals surface area contributed by atoms with Gasteiger partial charge >= 0.3 is 0 Å². The summed E-state index contributed by atoms with van der Waals surface area (Å²) in [6.45, 7) is 4.63. The van der Waals surface area contributed by atoms with Crippen molar-refractivity contribution in [1.29, 1.82) is 0 Å². The number of carbonyl (C=O) groups is 1. The van der Waals surface area contributed by atoms with Gasteiger partial charge in [-0.3, -0.25) is 19.6 Å². The van der Waals surface area contributed by atoms with Gasteiger partial charge in [-0.1, -0.05) is 24.5 Å². The molecule has 174 valence electrons. The smallest absolute Gasteiger partial charge is 0.273 e. The number of aliphatic imine (C=N–C) groups is 1. The van der Waals surface area contributed by atoms with Gasteiger partial charge in [-0.05, 0) is 53.5 Å². The van der Waals surface area contributed by atoms with Crippen LogP contribution in [0.4, 0.5) is 11.4 Å². The summed E-state index contributed by atoms with van der Waals surface area (Å²) in [6, 6.07) is 3.38. The van der Waals surface area contributed by atoms with Crippen molar-refractivity contribution in [3.63, 3.8) is 0 Å². The summed E-state index contributed by atoms with van der Waals surface area (Å²) in [6.07, 6.45) is 7.18. The molecule has 3 heterocycles. The van der Waals surface area contributed by atoms with E-state index < -0.39 is 0 Å². The zero-order valence-corrected chi connectivity index (χ0v) is 23.4. The summed E-state index contributed by atoms with van der Waals surface area (Å²) >= 11 is 3.32. The van der Waals surface area contributed by atoms with Gasteiger partial charge in [0.05, 0.1) is 18.5 Å². The molecule has 1 N–H and O–H groups in total. The molecular weight excluding hydrogens is 742 g/mol. The molecule has 2 aromatic heterocycles. The molecule has 0 radical (unpaired) electrons. The van der Waals surface area contributed by atoms with Crippen molar-refractivity contribution in [2.24, 2.45) is 4.99 Å². The van der Waals surface area contributed by atoms with Crippen LogP contribution in [0.25, 0.3) is 17.3 Å². The van der Waals surface area contributed by atoms with Crippen LogP contribution in [0.15, 0.2) is 45.8 Å². The van der Waals surface area contributed by atoms with Crippen LogP contribution in [0, 0.1) is 0 Å². The largest absolute Gasteiger partial charge is 0.556 e. The summed E-state index contributed by atoms with van der Waals surface area (Å²) in [5, 5.41) is 1.33. The quantitative estimate of drug-likeness (QED) is 0.268. The predicted molar refractivity (Wildman–Crippen MR) is 117 cm³/mol. The molecule has 2 aromatic rings. The molecule has 0 spiro atoms. The molecule has 3 rings (SSSR count). The van der Waals surface area contributed by atoms with E-state index in [-0.39, 0.29) is 59.7 Å². The van der Waals surface area contributed by atoms with Gasteiger partial charge in [0.2, 0.25) is 0 Å². The second-order valence-corrected chi connectivity index (χ2v) is 7.26. The number of halogens is 1. The number of hydroxylamine groups is 2. The van der Waals surface area contributed by atoms with Gasteiger partial charge in [0.15, 0.2) is 0 Å². The Bertz CT molecular complexity index is 986. The minimum atomic E-state index is -0.286. The monoisotopic (exact) mass is 762 g/mol. The number of carbonyl (C=O) groups excluding carboxylic acids is 1. The van der Waals surface area contributed by atoms with Crippen LogP contribution in [0.1, 0.15) is 32.4 Å². The van der Waals surface area contributed by atoms with E-state index in [1.54, 1.807) is 30.6 Å². The third kappa shape index (κ3) is 7.75. The summed E-state index contributed by atoms with van der Waals surface area (Å²) in [7, 11) is 0. The van der Waals surface area contributed by atoms with E-state index >= 15 is 0 Å². The molecule has 0 saturated heterocycles. The number of pyridine rings is 2. The maximum atomic E-state index is 12.9. The Balaban J connectivity index is 0.00000256. The Morgan fingerprint density at radius 3 is 2.75 bits per heavy atom. The standard InChI is InChI=1S/C20H22BrN6O3.Pd.W/c1-3-5-27(29-4-2)20(28)13-6-17-18(25-19(22)7-13)9-16(12-24-17)30-26-15-8-14(21)10-23-11-15;;/h6,8-12H,3-5,7H2,1-2H3,(H2,22,25,28);;/q-1;;/p-1. The summed E-state index contributed by atoms with van der Waals surface area (Å²) in [5.41, 5.74) is 14.0. The molecule has 9 nitrogen and oxygen atoms in total. The van der Waals surface area contributed by atoms with Crippen LogP contribution < -0.4 is 4.84 Å². The van der Waals surface area contributed by atoms with E-state index in [0.717, 1.165) is 10.9 Å². The topological polar surface area (TPSA) is 115 Å². The van der Waals surface area contributed by atoms with Crippen molar-refractivity contribution < 1.29 is 56.0 Å². The molecule has 0 fully saturated rings. The number of nitrogens with one attached hydrogen (secondary N) is 1. The minimum Gasteiger partial charge on any atom is -0.556 e. The molecular formula is C20H21BrN6O3PdW-2. The Morgan fingerprint density at radius 1 is 1.28 bits per heavy atom. The molecule has 12 heteroatoms. The molecule has 32 heavy (non-hydrogen) atoms. The number of hydrogen-bond donors (Lipinski definition) is 0. The Kier molecular flexibility index (Phi) is 12.3. The van der Waals surface area contributed by atoms with Gasteiger partial charge in [0, 0.05) is 70.5 Å². The molecule has 0 saturated carbocycles. The summed E-state index contributed by atoms with van der Waals surface area (Å²) < 4.78 is 0.780. The van der Waals surface area contributed by atoms with Crippen LogP contribution in [0.2, 0.25) is 0 Å². The first-order valence-corrected chi connectivity index (χ1v) is 10.2. The molecule has 0 atom stereocenters. The minimum absolute atomic E-state index is 0. The molecule has 0 aromatic carbocycles. The van der Waals surface area contributed by atoms with Crippen LogP contribution in [0.3, 0.4) is 0 Å². The maximum absolute atomic E-state index is 12.9. The molecule has 0 aliphatic carbocycles. The van der Waals surface area contributed by atoms with E-state index in [1.165, 1.54) is 11.3 Å². The second kappa shape index (κ2) is 13.8. The number of amides is 1. The van der Waals surface area contributed by atoms with E-state index in [9.17, 15) is 4.79 Å². The first-order valence-electron chi connectivity index (χ1n) is 9.43. The van der Waals surface area contributed by atoms with Gasteiger partial charge in [-0.2, -0.15) is 0 Å². The fourth-order valence-corrected chi connectivity index (χ4v) is 3.07. The molecule has 1 aliphatic rings. The van der Waals surface area contributed by atoms with E-state index in [1.807, 2.05) is 13.8 Å². The van der Waals surface area contributed by atoms with Gasteiger partial charge in [-0.15, -0.1) is 0 Å². The van der Waals surface area contributed by atoms with Crippen LogP contribution in [0.5, 0.6) is 5.75 Å². The van der Waals surface area contributed by atoms with Crippen LogP contribution in [-0.4, -0.2) is 39.9 Å². The molecule has 1 amide bonds. The summed E-state index contributed by atoms with van der Waals surface area (Å²) in [5.74, 6) is 0.120. The fraction of sp³-hybridized carbons (Fsp3) is 0.300. The van der Waals surface area contributed by atoms with Crippen molar-refractivity contribution in [3.05, 3.63) is 57.7 Å². The first kappa shape index (κ1) is 28.4. The zero-order valence-electron chi connectivity index (χ0n) is 17.4. The third-order valence-corrected chi connectivity index (χ3v) is 4.39. The number of rotatable bonds is 8. The zero-order chi connectivity index (χ0) is 21.5. The van der Waals surface area contributed by atoms with Crippen molar-refractivity contribution in [2.45, 2.75) is 26.7 Å². The number of hydrogen-bond acceptors (Lipinski definition) is 6. The number of amidine groups is 1. The first-order chi connectivity index (χ1) is 14.5. The fourth-order valence-electron chi connectivity index (χ4n) is 2.71. The van der Waals surface area contributed by atoms with Crippen LogP contribution >= 0.6 is 15.9 Å². The average Bonchev–Trinajstić information content (AvgIpc) is 2.89. The van der Waals surface area contributed by atoms with Crippen molar-refractivity contribution in [1.82, 2.24) is 15.0 Å². The Morgan fingerprint density at radius 2 is 2.06 bits per heavy atom. The number of nitrogens with zero attached hydrogens (tertiary/aromatic N) is 5. The summed E-state index contributed by atoms with van der Waals surface area (Å²) in [4.78, 5) is 36.3. The molecule has 1 aliphatic heterocycles. The number of aromatic nitrogens is 2. The van der Waals surface area contributed by atoms with Crippen LogP contribution in [-0.2, 0) is 51.1 Å². The van der Waals surface area contributed by atoms with E-state index in [4.69, 9.17) is 15.4 Å². The van der Waals surface area contributed by atoms with Crippen molar-refractivity contribution in [3.8, 4) is 5.75 Å².